The Morgan fingerprint density at radius 2 is 1.93 bits per heavy atom. The number of pyridine rings is 1. The maximum atomic E-state index is 4.29. The molecule has 2 aromatic rings. The van der Waals surface area contributed by atoms with E-state index in [0.717, 1.165) is 6.42 Å². The molecular weight excluding hydrogens is 182 g/mol. The zero-order chi connectivity index (χ0) is 10.5. The quantitative estimate of drug-likeness (QED) is 0.679. The lowest BCUT2D eigenvalue weighted by atomic mass is 10.0. The minimum absolute atomic E-state index is 1.15. The second kappa shape index (κ2) is 4.92. The summed E-state index contributed by atoms with van der Waals surface area (Å²) in [6.07, 6.45) is 8.96. The number of nitrogens with zero attached hydrogens (tertiary/aromatic N) is 1. The molecule has 0 amide bonds. The van der Waals surface area contributed by atoms with Gasteiger partial charge in [0, 0.05) is 17.8 Å². The van der Waals surface area contributed by atoms with Crippen molar-refractivity contribution in [2.75, 3.05) is 0 Å². The lowest BCUT2D eigenvalue weighted by Gasteiger charge is -2.04. The highest BCUT2D eigenvalue weighted by Gasteiger charge is 1.99. The summed E-state index contributed by atoms with van der Waals surface area (Å²) in [5, 5.41) is 2.62. The third-order valence-corrected chi connectivity index (χ3v) is 2.80. The number of aryl methyl sites for hydroxylation is 1. The predicted octanol–water partition coefficient (Wildman–Crippen LogP) is 3.97. The lowest BCUT2D eigenvalue weighted by Crippen LogP contribution is -1.89. The Kier molecular flexibility index (Phi) is 3.33. The van der Waals surface area contributed by atoms with Gasteiger partial charge in [-0.05, 0) is 23.8 Å². The van der Waals surface area contributed by atoms with Crippen molar-refractivity contribution in [3.8, 4) is 0 Å². The highest BCUT2D eigenvalue weighted by atomic mass is 14.6. The first-order valence-corrected chi connectivity index (χ1v) is 5.73. The zero-order valence-corrected chi connectivity index (χ0v) is 9.24. The number of aromatic nitrogens is 1. The lowest BCUT2D eigenvalue weighted by molar-refractivity contribution is 0.718. The van der Waals surface area contributed by atoms with Crippen LogP contribution in [-0.4, -0.2) is 4.98 Å². The van der Waals surface area contributed by atoms with Crippen LogP contribution in [0.25, 0.3) is 10.8 Å². The van der Waals surface area contributed by atoms with Crippen LogP contribution in [0.15, 0.2) is 36.7 Å². The Balaban J connectivity index is 2.26. The standard InChI is InChI=1S/C14H17N/c1-2-3-4-7-12-10-15-11-13-8-5-6-9-14(12)13/h5-6,8-11H,2-4,7H2,1H3. The zero-order valence-electron chi connectivity index (χ0n) is 9.24. The van der Waals surface area contributed by atoms with E-state index in [9.17, 15) is 0 Å². The van der Waals surface area contributed by atoms with Crippen LogP contribution >= 0.6 is 0 Å². The SMILES string of the molecule is CCCCCc1cncc2ccccc12. The molecule has 0 N–H and O–H groups in total. The minimum atomic E-state index is 1.15. The van der Waals surface area contributed by atoms with Crippen molar-refractivity contribution in [1.82, 2.24) is 4.98 Å². The number of hydrogen-bond donors (Lipinski definition) is 0. The summed E-state index contributed by atoms with van der Waals surface area (Å²) in [6, 6.07) is 8.50. The van der Waals surface area contributed by atoms with E-state index in [1.807, 2.05) is 12.4 Å². The summed E-state index contributed by atoms with van der Waals surface area (Å²) in [5.41, 5.74) is 1.39. The van der Waals surface area contributed by atoms with Crippen LogP contribution in [0.4, 0.5) is 0 Å². The molecule has 1 heteroatoms. The second-order valence-electron chi connectivity index (χ2n) is 3.98. The molecule has 0 radical (unpaired) electrons. The maximum absolute atomic E-state index is 4.29. The van der Waals surface area contributed by atoms with Crippen LogP contribution in [-0.2, 0) is 6.42 Å². The second-order valence-corrected chi connectivity index (χ2v) is 3.98. The average Bonchev–Trinajstić information content (AvgIpc) is 2.30. The van der Waals surface area contributed by atoms with Crippen molar-refractivity contribution in [2.45, 2.75) is 32.6 Å². The van der Waals surface area contributed by atoms with Crippen molar-refractivity contribution >= 4 is 10.8 Å². The number of unbranched alkanes of at least 4 members (excludes halogenated alkanes) is 2. The average molecular weight is 199 g/mol. The molecule has 2 rings (SSSR count). The fraction of sp³-hybridized carbons (Fsp3) is 0.357. The summed E-state index contributed by atoms with van der Waals surface area (Å²) < 4.78 is 0. The molecule has 0 atom stereocenters. The van der Waals surface area contributed by atoms with Crippen LogP contribution in [0, 0.1) is 0 Å². The van der Waals surface area contributed by atoms with Gasteiger partial charge in [0.1, 0.15) is 0 Å². The topological polar surface area (TPSA) is 12.9 Å². The van der Waals surface area contributed by atoms with Crippen LogP contribution < -0.4 is 0 Å². The molecule has 0 aliphatic carbocycles. The van der Waals surface area contributed by atoms with E-state index < -0.39 is 0 Å². The number of rotatable bonds is 4. The highest BCUT2D eigenvalue weighted by Crippen LogP contribution is 2.18. The predicted molar refractivity (Wildman–Crippen MR) is 65.0 cm³/mol. The van der Waals surface area contributed by atoms with Gasteiger partial charge in [0.2, 0.25) is 0 Å². The third kappa shape index (κ3) is 2.35. The molecule has 0 saturated carbocycles. The summed E-state index contributed by atoms with van der Waals surface area (Å²) in [4.78, 5) is 4.29. The first-order valence-electron chi connectivity index (χ1n) is 5.73. The fourth-order valence-corrected chi connectivity index (χ4v) is 1.94. The van der Waals surface area contributed by atoms with Crippen molar-refractivity contribution in [1.29, 1.82) is 0 Å². The van der Waals surface area contributed by atoms with Crippen molar-refractivity contribution in [3.05, 3.63) is 42.2 Å². The first kappa shape index (κ1) is 10.2. The number of benzene rings is 1. The Morgan fingerprint density at radius 3 is 2.80 bits per heavy atom. The smallest absolute Gasteiger partial charge is 0.0346 e. The maximum Gasteiger partial charge on any atom is 0.0346 e. The molecule has 1 heterocycles. The van der Waals surface area contributed by atoms with Crippen LogP contribution in [0.1, 0.15) is 31.7 Å². The largest absolute Gasteiger partial charge is 0.264 e. The van der Waals surface area contributed by atoms with Gasteiger partial charge in [-0.15, -0.1) is 0 Å². The van der Waals surface area contributed by atoms with E-state index in [-0.39, 0.29) is 0 Å². The van der Waals surface area contributed by atoms with Gasteiger partial charge in [-0.25, -0.2) is 0 Å². The van der Waals surface area contributed by atoms with Gasteiger partial charge < -0.3 is 0 Å². The molecule has 0 saturated heterocycles. The summed E-state index contributed by atoms with van der Waals surface area (Å²) >= 11 is 0. The molecule has 0 spiro atoms. The normalized spacial score (nSPS) is 10.7. The molecule has 15 heavy (non-hydrogen) atoms. The van der Waals surface area contributed by atoms with Crippen LogP contribution in [0.3, 0.4) is 0 Å². The molecule has 78 valence electrons. The Bertz CT molecular complexity index is 429. The fourth-order valence-electron chi connectivity index (χ4n) is 1.94. The Labute approximate surface area is 91.2 Å². The van der Waals surface area contributed by atoms with E-state index in [1.165, 1.54) is 35.6 Å². The number of fused-ring (bicyclic) bond motifs is 1. The van der Waals surface area contributed by atoms with Gasteiger partial charge in [-0.3, -0.25) is 4.98 Å². The highest BCUT2D eigenvalue weighted by molar-refractivity contribution is 5.84. The van der Waals surface area contributed by atoms with Crippen molar-refractivity contribution in [2.24, 2.45) is 0 Å². The number of hydrogen-bond acceptors (Lipinski definition) is 1. The molecule has 0 fully saturated rings. The first-order chi connectivity index (χ1) is 7.42. The summed E-state index contributed by atoms with van der Waals surface area (Å²) in [6.45, 7) is 2.24. The van der Waals surface area contributed by atoms with E-state index in [0.29, 0.717) is 0 Å². The van der Waals surface area contributed by atoms with Gasteiger partial charge in [-0.2, -0.15) is 0 Å². The molecule has 0 unspecified atom stereocenters. The summed E-state index contributed by atoms with van der Waals surface area (Å²) in [7, 11) is 0. The van der Waals surface area contributed by atoms with Gasteiger partial charge in [0.15, 0.2) is 0 Å². The molecule has 0 aliphatic rings. The Hall–Kier alpha value is -1.37. The Morgan fingerprint density at radius 1 is 1.07 bits per heavy atom. The van der Waals surface area contributed by atoms with Gasteiger partial charge in [-0.1, -0.05) is 44.0 Å². The molecule has 1 nitrogen and oxygen atoms in total. The van der Waals surface area contributed by atoms with Gasteiger partial charge >= 0.3 is 0 Å². The van der Waals surface area contributed by atoms with E-state index in [4.69, 9.17) is 0 Å². The molecule has 0 bridgehead atoms. The molecular formula is C14H17N. The third-order valence-electron chi connectivity index (χ3n) is 2.80. The van der Waals surface area contributed by atoms with Gasteiger partial charge in [0.05, 0.1) is 0 Å². The van der Waals surface area contributed by atoms with Gasteiger partial charge in [0.25, 0.3) is 0 Å². The monoisotopic (exact) mass is 199 g/mol. The van der Waals surface area contributed by atoms with Crippen molar-refractivity contribution < 1.29 is 0 Å². The van der Waals surface area contributed by atoms with Crippen LogP contribution in [0.5, 0.6) is 0 Å². The molecule has 1 aromatic carbocycles. The summed E-state index contributed by atoms with van der Waals surface area (Å²) in [5.74, 6) is 0. The van der Waals surface area contributed by atoms with E-state index in [2.05, 4.69) is 36.2 Å². The van der Waals surface area contributed by atoms with E-state index >= 15 is 0 Å². The van der Waals surface area contributed by atoms with Crippen molar-refractivity contribution in [3.63, 3.8) is 0 Å². The molecule has 1 aromatic heterocycles. The molecule has 0 aliphatic heterocycles. The minimum Gasteiger partial charge on any atom is -0.264 e. The van der Waals surface area contributed by atoms with E-state index in [1.54, 1.807) is 0 Å². The van der Waals surface area contributed by atoms with Crippen LogP contribution in [0.2, 0.25) is 0 Å².